The summed E-state index contributed by atoms with van der Waals surface area (Å²) in [6.45, 7) is 2.83. The van der Waals surface area contributed by atoms with Crippen molar-refractivity contribution in [3.63, 3.8) is 0 Å². The zero-order valence-electron chi connectivity index (χ0n) is 31.4. The van der Waals surface area contributed by atoms with Gasteiger partial charge in [0.15, 0.2) is 6.35 Å². The Morgan fingerprint density at radius 3 is 2.62 bits per heavy atom. The van der Waals surface area contributed by atoms with Crippen molar-refractivity contribution in [1.29, 1.82) is 0 Å². The van der Waals surface area contributed by atoms with Crippen LogP contribution in [0.4, 0.5) is 19.0 Å². The Bertz CT molecular complexity index is 2030. The Kier molecular flexibility index (Phi) is 12.3. The number of carbonyl (C=O) groups excluding carboxylic acids is 2. The largest absolute Gasteiger partial charge is 0.465 e. The molecule has 1 amide bonds. The average molecular weight is 799 g/mol. The highest BCUT2D eigenvalue weighted by molar-refractivity contribution is 8.00. The average Bonchev–Trinajstić information content (AvgIpc) is 3.65. The second kappa shape index (κ2) is 17.2. The van der Waals surface area contributed by atoms with Crippen LogP contribution in [0.15, 0.2) is 42.5 Å². The van der Waals surface area contributed by atoms with Crippen molar-refractivity contribution < 1.29 is 32.6 Å². The monoisotopic (exact) mass is 798 g/mol. The fourth-order valence-corrected chi connectivity index (χ4v) is 9.20. The molecule has 4 atom stereocenters. The van der Waals surface area contributed by atoms with Gasteiger partial charge in [-0.05, 0) is 69.1 Å². The van der Waals surface area contributed by atoms with Crippen LogP contribution in [-0.2, 0) is 21.6 Å². The number of esters is 1. The number of hydrogen-bond donors (Lipinski definition) is 8. The Morgan fingerprint density at radius 1 is 1.05 bits per heavy atom. The molecule has 3 aliphatic rings. The number of aliphatic hydroxyl groups excluding tert-OH is 1. The number of aromatic amines is 1. The summed E-state index contributed by atoms with van der Waals surface area (Å²) < 4.78 is 46.2. The van der Waals surface area contributed by atoms with Gasteiger partial charge < -0.3 is 30.4 Å². The van der Waals surface area contributed by atoms with Gasteiger partial charge in [0, 0.05) is 59.9 Å². The first-order valence-electron chi connectivity index (χ1n) is 19.1. The molecule has 4 unspecified atom stereocenters. The van der Waals surface area contributed by atoms with Crippen LogP contribution in [0, 0.1) is 0 Å². The van der Waals surface area contributed by atoms with Crippen molar-refractivity contribution in [3.05, 3.63) is 65.0 Å². The highest BCUT2D eigenvalue weighted by Crippen LogP contribution is 2.42. The molecular formula is C38H49F3N10O4S. The van der Waals surface area contributed by atoms with Gasteiger partial charge in [-0.1, -0.05) is 36.8 Å². The number of ether oxygens (including phenoxy) is 1. The Hall–Kier alpha value is -4.04. The molecule has 3 fully saturated rings. The third-order valence-electron chi connectivity index (χ3n) is 10.7. The lowest BCUT2D eigenvalue weighted by atomic mass is 9.99. The number of halogens is 3. The third kappa shape index (κ3) is 9.06. The standard InChI is InChI=1S/C38H49F3N10O4S/c1-51(16-6-14-42-30(52)11-4-3-10-28-32-27(21-56-28)45-36(54)48-32)17-7-15-43-33-31-25-13-12-23(35(53)55-2)20-26(25)44-34(31)47-29(46-33)19-22-8-5-9-24(18-22)37(49-50-37)38(39,40)41/h5,8-9,12-13,18,20,27-28,32,36,45,48-50,54H,3-4,6-7,10-11,14-17,19,21H2,1-2H3,(H,42,52)(H2,43,44,46,47). The number of amides is 1. The maximum atomic E-state index is 13.8. The Morgan fingerprint density at radius 2 is 1.86 bits per heavy atom. The Labute approximate surface area is 326 Å². The van der Waals surface area contributed by atoms with E-state index in [1.807, 2.05) is 24.9 Å². The summed E-state index contributed by atoms with van der Waals surface area (Å²) in [6.07, 6.45) is 0.0548. The minimum Gasteiger partial charge on any atom is -0.465 e. The van der Waals surface area contributed by atoms with E-state index in [2.05, 4.69) is 42.0 Å². The molecule has 56 heavy (non-hydrogen) atoms. The smallest absolute Gasteiger partial charge is 0.426 e. The van der Waals surface area contributed by atoms with Crippen LogP contribution in [0.1, 0.15) is 65.8 Å². The molecule has 3 saturated heterocycles. The van der Waals surface area contributed by atoms with Gasteiger partial charge in [-0.25, -0.2) is 25.6 Å². The number of fused-ring (bicyclic) bond motifs is 4. The molecule has 3 aliphatic heterocycles. The van der Waals surface area contributed by atoms with Gasteiger partial charge in [0.25, 0.3) is 0 Å². The lowest BCUT2D eigenvalue weighted by molar-refractivity contribution is -0.165. The maximum absolute atomic E-state index is 13.8. The molecule has 4 aromatic rings. The van der Waals surface area contributed by atoms with Gasteiger partial charge in [0.1, 0.15) is 17.3 Å². The van der Waals surface area contributed by atoms with E-state index in [0.717, 1.165) is 61.7 Å². The lowest BCUT2D eigenvalue weighted by Gasteiger charge is -2.18. The van der Waals surface area contributed by atoms with Crippen molar-refractivity contribution in [2.75, 3.05) is 51.4 Å². The van der Waals surface area contributed by atoms with Gasteiger partial charge in [-0.2, -0.15) is 24.9 Å². The quantitative estimate of drug-likeness (QED) is 0.0414. The van der Waals surface area contributed by atoms with Crippen LogP contribution >= 0.6 is 11.8 Å². The number of aliphatic hydroxyl groups is 1. The number of hydrogen-bond acceptors (Lipinski definition) is 13. The molecule has 5 heterocycles. The van der Waals surface area contributed by atoms with E-state index in [-0.39, 0.29) is 17.9 Å². The second-order valence-electron chi connectivity index (χ2n) is 14.7. The van der Waals surface area contributed by atoms with Crippen LogP contribution in [0.5, 0.6) is 0 Å². The molecule has 8 N–H and O–H groups in total. The van der Waals surface area contributed by atoms with Crippen LogP contribution in [0.2, 0.25) is 0 Å². The number of carbonyl (C=O) groups is 2. The molecule has 7 rings (SSSR count). The number of unbranched alkanes of at least 4 members (excludes halogenated alkanes) is 1. The van der Waals surface area contributed by atoms with E-state index < -0.39 is 24.2 Å². The fraction of sp³-hybridized carbons (Fsp3) is 0.526. The van der Waals surface area contributed by atoms with E-state index in [0.29, 0.717) is 70.8 Å². The number of alkyl halides is 3. The SMILES string of the molecule is COC(=O)c1ccc2c(c1)[nH]c1nc(Cc3cccc(C4(C(F)(F)F)NN4)c3)nc(NCCCN(C)CCCNC(=O)CCCCC3SCC4NC(O)NC43)c12. The number of methoxy groups -OCH3 is 1. The first kappa shape index (κ1) is 40.2. The molecular weight excluding hydrogens is 750 g/mol. The first-order valence-corrected chi connectivity index (χ1v) is 20.1. The zero-order chi connectivity index (χ0) is 39.5. The number of nitrogens with zero attached hydrogens (tertiary/aromatic N) is 3. The van der Waals surface area contributed by atoms with E-state index in [9.17, 15) is 27.9 Å². The van der Waals surface area contributed by atoms with E-state index >= 15 is 0 Å². The summed E-state index contributed by atoms with van der Waals surface area (Å²) in [4.78, 5) is 39.8. The minimum atomic E-state index is -4.52. The summed E-state index contributed by atoms with van der Waals surface area (Å²) >= 11 is 1.93. The number of nitrogens with one attached hydrogen (secondary N) is 7. The highest BCUT2D eigenvalue weighted by atomic mass is 32.2. The molecule has 0 spiro atoms. The lowest BCUT2D eigenvalue weighted by Crippen LogP contribution is -2.38. The molecule has 0 aliphatic carbocycles. The van der Waals surface area contributed by atoms with Crippen molar-refractivity contribution >= 4 is 51.4 Å². The van der Waals surface area contributed by atoms with Crippen molar-refractivity contribution in [2.24, 2.45) is 0 Å². The highest BCUT2D eigenvalue weighted by Gasteiger charge is 2.65. The van der Waals surface area contributed by atoms with Crippen LogP contribution in [0.3, 0.4) is 0 Å². The number of thioether (sulfide) groups is 1. The fourth-order valence-electron chi connectivity index (χ4n) is 7.64. The number of anilines is 1. The van der Waals surface area contributed by atoms with Crippen molar-refractivity contribution in [2.45, 2.75) is 80.5 Å². The van der Waals surface area contributed by atoms with Gasteiger partial charge in [-0.15, -0.1) is 0 Å². The summed E-state index contributed by atoms with van der Waals surface area (Å²) in [7, 11) is 3.37. The molecule has 2 aromatic heterocycles. The van der Waals surface area contributed by atoms with Gasteiger partial charge in [0.2, 0.25) is 11.6 Å². The summed E-state index contributed by atoms with van der Waals surface area (Å²) in [5.74, 6) is 1.61. The predicted molar refractivity (Wildman–Crippen MR) is 209 cm³/mol. The number of hydrazine groups is 1. The van der Waals surface area contributed by atoms with Gasteiger partial charge in [-0.3, -0.25) is 15.4 Å². The Balaban J connectivity index is 0.905. The van der Waals surface area contributed by atoms with Crippen molar-refractivity contribution in [1.82, 2.24) is 46.7 Å². The molecule has 2 aromatic carbocycles. The first-order chi connectivity index (χ1) is 26.9. The number of H-pyrrole nitrogens is 1. The van der Waals surface area contributed by atoms with E-state index in [1.54, 1.807) is 24.3 Å². The number of aromatic nitrogens is 3. The predicted octanol–water partition coefficient (Wildman–Crippen LogP) is 3.43. The summed E-state index contributed by atoms with van der Waals surface area (Å²) in [5.41, 5.74) is 4.50. The summed E-state index contributed by atoms with van der Waals surface area (Å²) in [5, 5.41) is 24.7. The van der Waals surface area contributed by atoms with Gasteiger partial charge >= 0.3 is 12.1 Å². The van der Waals surface area contributed by atoms with Crippen LogP contribution in [0.25, 0.3) is 21.9 Å². The summed E-state index contributed by atoms with van der Waals surface area (Å²) in [6, 6.07) is 12.1. The molecule has 14 nitrogen and oxygen atoms in total. The van der Waals surface area contributed by atoms with Crippen molar-refractivity contribution in [3.8, 4) is 0 Å². The normalized spacial score (nSPS) is 21.5. The van der Waals surface area contributed by atoms with Gasteiger partial charge in [0.05, 0.1) is 18.1 Å². The maximum Gasteiger partial charge on any atom is 0.426 e. The molecule has 0 radical (unpaired) electrons. The zero-order valence-corrected chi connectivity index (χ0v) is 32.2. The third-order valence-corrected chi connectivity index (χ3v) is 12.2. The van der Waals surface area contributed by atoms with E-state index in [1.165, 1.54) is 19.2 Å². The molecule has 18 heteroatoms. The minimum absolute atomic E-state index is 0.0553. The van der Waals surface area contributed by atoms with Crippen LogP contribution in [-0.4, -0.2) is 113 Å². The van der Waals surface area contributed by atoms with Crippen LogP contribution < -0.4 is 32.1 Å². The number of benzene rings is 2. The molecule has 0 saturated carbocycles. The second-order valence-corrected chi connectivity index (χ2v) is 16.0. The molecule has 302 valence electrons. The molecule has 0 bridgehead atoms. The topological polar surface area (TPSA) is 200 Å². The van der Waals surface area contributed by atoms with E-state index in [4.69, 9.17) is 14.7 Å². The number of rotatable bonds is 18.